The second-order valence-corrected chi connectivity index (χ2v) is 6.18. The largest absolute Gasteiger partial charge is 0.461 e. The Labute approximate surface area is 146 Å². The molecule has 0 bridgehead atoms. The van der Waals surface area contributed by atoms with Gasteiger partial charge in [0.15, 0.2) is 11.6 Å². The van der Waals surface area contributed by atoms with Crippen molar-refractivity contribution in [2.45, 2.75) is 19.9 Å². The fraction of sp³-hybridized carbons (Fsp3) is 0.143. The van der Waals surface area contributed by atoms with Crippen LogP contribution >= 0.6 is 0 Å². The minimum Gasteiger partial charge on any atom is -0.461 e. The average Bonchev–Trinajstić information content (AvgIpc) is 3.29. The molecule has 0 amide bonds. The van der Waals surface area contributed by atoms with E-state index in [1.165, 1.54) is 16.7 Å². The van der Waals surface area contributed by atoms with Gasteiger partial charge in [-0.05, 0) is 48.7 Å². The number of nitrogens with zero attached hydrogens (tertiary/aromatic N) is 3. The number of hydrogen-bond acceptors (Lipinski definition) is 3. The van der Waals surface area contributed by atoms with Gasteiger partial charge in [-0.15, -0.1) is 0 Å². The zero-order valence-corrected chi connectivity index (χ0v) is 14.3. The molecule has 0 aliphatic heterocycles. The molecule has 25 heavy (non-hydrogen) atoms. The first-order valence-electron chi connectivity index (χ1n) is 8.28. The Kier molecular flexibility index (Phi) is 3.94. The number of imidazole rings is 1. The number of hydrogen-bond donors (Lipinski definition) is 0. The molecule has 124 valence electrons. The van der Waals surface area contributed by atoms with Gasteiger partial charge in [-0.25, -0.2) is 4.98 Å². The van der Waals surface area contributed by atoms with Crippen LogP contribution in [0.2, 0.25) is 0 Å². The highest BCUT2D eigenvalue weighted by atomic mass is 16.3. The van der Waals surface area contributed by atoms with Crippen molar-refractivity contribution >= 4 is 0 Å². The van der Waals surface area contributed by atoms with Crippen molar-refractivity contribution < 1.29 is 4.42 Å². The molecule has 4 aromatic rings. The van der Waals surface area contributed by atoms with Crippen LogP contribution in [0, 0.1) is 13.8 Å². The summed E-state index contributed by atoms with van der Waals surface area (Å²) in [6.45, 7) is 4.26. The summed E-state index contributed by atoms with van der Waals surface area (Å²) in [6.07, 6.45) is 9.18. The van der Waals surface area contributed by atoms with E-state index in [1.54, 1.807) is 12.5 Å². The fourth-order valence-electron chi connectivity index (χ4n) is 3.28. The van der Waals surface area contributed by atoms with Crippen molar-refractivity contribution in [2.75, 3.05) is 0 Å². The molecule has 4 nitrogen and oxygen atoms in total. The molecule has 4 heteroatoms. The van der Waals surface area contributed by atoms with Crippen molar-refractivity contribution in [1.29, 1.82) is 0 Å². The monoisotopic (exact) mass is 329 g/mol. The Balaban J connectivity index is 1.92. The van der Waals surface area contributed by atoms with Gasteiger partial charge in [-0.2, -0.15) is 0 Å². The van der Waals surface area contributed by atoms with E-state index in [1.807, 2.05) is 36.8 Å². The van der Waals surface area contributed by atoms with Crippen molar-refractivity contribution in [1.82, 2.24) is 14.5 Å². The van der Waals surface area contributed by atoms with Crippen molar-refractivity contribution in [3.05, 3.63) is 95.8 Å². The van der Waals surface area contributed by atoms with Crippen LogP contribution in [0.15, 0.2) is 77.9 Å². The average molecular weight is 329 g/mol. The molecule has 0 radical (unpaired) electrons. The Morgan fingerprint density at radius 3 is 2.68 bits per heavy atom. The van der Waals surface area contributed by atoms with Crippen LogP contribution < -0.4 is 0 Å². The van der Waals surface area contributed by atoms with Crippen LogP contribution in [-0.2, 0) is 0 Å². The molecule has 0 aliphatic rings. The lowest BCUT2D eigenvalue weighted by Gasteiger charge is -2.23. The number of furan rings is 1. The summed E-state index contributed by atoms with van der Waals surface area (Å²) in [7, 11) is 0. The summed E-state index contributed by atoms with van der Waals surface area (Å²) in [5.41, 5.74) is 4.83. The predicted molar refractivity (Wildman–Crippen MR) is 97.3 cm³/mol. The highest BCUT2D eigenvalue weighted by Gasteiger charge is 2.22. The Morgan fingerprint density at radius 2 is 1.96 bits per heavy atom. The summed E-state index contributed by atoms with van der Waals surface area (Å²) < 4.78 is 7.74. The summed E-state index contributed by atoms with van der Waals surface area (Å²) in [5, 5.41) is 0. The number of pyridine rings is 1. The molecular formula is C21H19N3O. The number of rotatable bonds is 4. The maximum Gasteiger partial charge on any atom is 0.177 e. The van der Waals surface area contributed by atoms with Crippen LogP contribution in [0.25, 0.3) is 11.6 Å². The smallest absolute Gasteiger partial charge is 0.177 e. The highest BCUT2D eigenvalue weighted by Crippen LogP contribution is 2.33. The standard InChI is InChI=1S/C21H19N3O/c1-15-7-8-18(16(2)13-15)20(17-5-3-9-22-14-17)24-11-10-23-21(24)19-6-4-12-25-19/h3-14,20H,1-2H3. The molecule has 0 fully saturated rings. The SMILES string of the molecule is Cc1ccc(C(c2cccnc2)n2ccnc2-c2ccco2)c(C)c1. The van der Waals surface area contributed by atoms with E-state index in [0.717, 1.165) is 17.1 Å². The Hall–Kier alpha value is -3.14. The van der Waals surface area contributed by atoms with E-state index in [2.05, 4.69) is 52.6 Å². The molecule has 0 spiro atoms. The van der Waals surface area contributed by atoms with E-state index < -0.39 is 0 Å². The third-order valence-corrected chi connectivity index (χ3v) is 4.41. The zero-order chi connectivity index (χ0) is 17.2. The molecule has 1 atom stereocenters. The topological polar surface area (TPSA) is 43.9 Å². The van der Waals surface area contributed by atoms with E-state index in [0.29, 0.717) is 0 Å². The molecule has 0 N–H and O–H groups in total. The molecule has 3 aromatic heterocycles. The van der Waals surface area contributed by atoms with E-state index >= 15 is 0 Å². The first kappa shape index (κ1) is 15.4. The predicted octanol–water partition coefficient (Wildman–Crippen LogP) is 4.79. The van der Waals surface area contributed by atoms with Crippen LogP contribution in [0.5, 0.6) is 0 Å². The maximum atomic E-state index is 5.59. The van der Waals surface area contributed by atoms with Gasteiger partial charge in [0.05, 0.1) is 12.3 Å². The maximum absolute atomic E-state index is 5.59. The van der Waals surface area contributed by atoms with Crippen molar-refractivity contribution in [2.24, 2.45) is 0 Å². The number of aryl methyl sites for hydroxylation is 2. The van der Waals surface area contributed by atoms with E-state index in [4.69, 9.17) is 4.42 Å². The molecule has 0 saturated heterocycles. The summed E-state index contributed by atoms with van der Waals surface area (Å²) in [6, 6.07) is 14.4. The van der Waals surface area contributed by atoms with Gasteiger partial charge < -0.3 is 8.98 Å². The molecular weight excluding hydrogens is 310 g/mol. The Bertz CT molecular complexity index is 972. The lowest BCUT2D eigenvalue weighted by molar-refractivity contribution is 0.565. The number of aromatic nitrogens is 3. The van der Waals surface area contributed by atoms with Gasteiger partial charge in [0.1, 0.15) is 0 Å². The Morgan fingerprint density at radius 1 is 1.04 bits per heavy atom. The summed E-state index contributed by atoms with van der Waals surface area (Å²) in [5.74, 6) is 1.56. The van der Waals surface area contributed by atoms with Crippen LogP contribution in [0.1, 0.15) is 28.3 Å². The first-order valence-corrected chi connectivity index (χ1v) is 8.28. The third-order valence-electron chi connectivity index (χ3n) is 4.41. The van der Waals surface area contributed by atoms with Crippen molar-refractivity contribution in [3.8, 4) is 11.6 Å². The third kappa shape index (κ3) is 2.87. The first-order chi connectivity index (χ1) is 12.2. The second kappa shape index (κ2) is 6.40. The second-order valence-electron chi connectivity index (χ2n) is 6.18. The molecule has 1 unspecified atom stereocenters. The molecule has 3 heterocycles. The van der Waals surface area contributed by atoms with Crippen LogP contribution in [0.3, 0.4) is 0 Å². The van der Waals surface area contributed by atoms with E-state index in [-0.39, 0.29) is 6.04 Å². The normalized spacial score (nSPS) is 12.2. The summed E-state index contributed by atoms with van der Waals surface area (Å²) in [4.78, 5) is 8.85. The minimum absolute atomic E-state index is 0.0168. The minimum atomic E-state index is -0.0168. The molecule has 1 aromatic carbocycles. The van der Waals surface area contributed by atoms with Gasteiger partial charge in [-0.3, -0.25) is 4.98 Å². The fourth-order valence-corrected chi connectivity index (χ4v) is 3.28. The lowest BCUT2D eigenvalue weighted by atomic mass is 9.94. The van der Waals surface area contributed by atoms with Gasteiger partial charge >= 0.3 is 0 Å². The molecule has 4 rings (SSSR count). The van der Waals surface area contributed by atoms with Gasteiger partial charge in [-0.1, -0.05) is 29.8 Å². The zero-order valence-electron chi connectivity index (χ0n) is 14.3. The number of benzene rings is 1. The van der Waals surface area contributed by atoms with Crippen LogP contribution in [0.4, 0.5) is 0 Å². The van der Waals surface area contributed by atoms with Crippen molar-refractivity contribution in [3.63, 3.8) is 0 Å². The molecule has 0 aliphatic carbocycles. The highest BCUT2D eigenvalue weighted by molar-refractivity contribution is 5.50. The quantitative estimate of drug-likeness (QED) is 0.540. The van der Waals surface area contributed by atoms with E-state index in [9.17, 15) is 0 Å². The van der Waals surface area contributed by atoms with Crippen LogP contribution in [-0.4, -0.2) is 14.5 Å². The summed E-state index contributed by atoms with van der Waals surface area (Å²) >= 11 is 0. The van der Waals surface area contributed by atoms with Gasteiger partial charge in [0, 0.05) is 24.8 Å². The van der Waals surface area contributed by atoms with Gasteiger partial charge in [0.25, 0.3) is 0 Å². The lowest BCUT2D eigenvalue weighted by Crippen LogP contribution is -2.14. The van der Waals surface area contributed by atoms with Gasteiger partial charge in [0.2, 0.25) is 0 Å². The molecule has 0 saturated carbocycles.